The number of hydrogen-bond acceptors (Lipinski definition) is 1. The van der Waals surface area contributed by atoms with Crippen LogP contribution in [0.4, 0.5) is 17.6 Å². The molecule has 0 radical (unpaired) electrons. The lowest BCUT2D eigenvalue weighted by Gasteiger charge is -2.05. The molecule has 0 aliphatic rings. The summed E-state index contributed by atoms with van der Waals surface area (Å²) in [5.41, 5.74) is 0.368. The number of aromatic amines is 1. The Labute approximate surface area is 121 Å². The molecule has 21 heavy (non-hydrogen) atoms. The quantitative estimate of drug-likeness (QED) is 0.626. The van der Waals surface area contributed by atoms with E-state index in [0.717, 1.165) is 12.1 Å². The van der Waals surface area contributed by atoms with Gasteiger partial charge in [0.2, 0.25) is 0 Å². The Kier molecular flexibility index (Phi) is 3.13. The zero-order chi connectivity index (χ0) is 15.2. The minimum atomic E-state index is -4.42. The van der Waals surface area contributed by atoms with Gasteiger partial charge in [0.25, 0.3) is 0 Å². The van der Waals surface area contributed by atoms with E-state index in [0.29, 0.717) is 16.9 Å². The number of rotatable bonds is 1. The predicted octanol–water partition coefficient (Wildman–Crippen LogP) is 5.04. The molecule has 0 saturated carbocycles. The predicted molar refractivity (Wildman–Crippen MR) is 71.5 cm³/mol. The van der Waals surface area contributed by atoms with Crippen LogP contribution in [-0.4, -0.2) is 9.97 Å². The van der Waals surface area contributed by atoms with Gasteiger partial charge < -0.3 is 4.98 Å². The van der Waals surface area contributed by atoms with Crippen molar-refractivity contribution in [2.75, 3.05) is 0 Å². The Balaban J connectivity index is 2.10. The molecule has 1 heterocycles. The van der Waals surface area contributed by atoms with Crippen LogP contribution in [0.3, 0.4) is 0 Å². The fraction of sp³-hybridized carbons (Fsp3) is 0.0714. The average molecular weight is 315 g/mol. The average Bonchev–Trinajstić information content (AvgIpc) is 2.83. The van der Waals surface area contributed by atoms with Crippen LogP contribution in [0, 0.1) is 5.82 Å². The van der Waals surface area contributed by atoms with Crippen LogP contribution in [0.1, 0.15) is 5.56 Å². The van der Waals surface area contributed by atoms with Crippen molar-refractivity contribution >= 4 is 22.6 Å². The molecule has 0 unspecified atom stereocenters. The molecule has 0 atom stereocenters. The highest BCUT2D eigenvalue weighted by Gasteiger charge is 2.30. The SMILES string of the molecule is Fc1ccc(-c2nc3ccc(C(F)(F)F)cc3[nH]2)cc1Cl. The smallest absolute Gasteiger partial charge is 0.338 e. The molecule has 0 bridgehead atoms. The van der Waals surface area contributed by atoms with Crippen molar-refractivity contribution in [3.05, 3.63) is 52.8 Å². The van der Waals surface area contributed by atoms with Gasteiger partial charge in [0.1, 0.15) is 11.6 Å². The molecule has 0 spiro atoms. The fourth-order valence-corrected chi connectivity index (χ4v) is 2.15. The number of H-pyrrole nitrogens is 1. The highest BCUT2D eigenvalue weighted by molar-refractivity contribution is 6.31. The monoisotopic (exact) mass is 314 g/mol. The first kappa shape index (κ1) is 13.9. The first-order chi connectivity index (χ1) is 9.84. The van der Waals surface area contributed by atoms with Crippen LogP contribution in [-0.2, 0) is 6.18 Å². The number of halogens is 5. The Hall–Kier alpha value is -2.08. The number of imidazole rings is 1. The van der Waals surface area contributed by atoms with E-state index >= 15 is 0 Å². The van der Waals surface area contributed by atoms with E-state index in [4.69, 9.17) is 11.6 Å². The second-order valence-corrected chi connectivity index (χ2v) is 4.85. The van der Waals surface area contributed by atoms with Crippen molar-refractivity contribution in [2.45, 2.75) is 6.18 Å². The van der Waals surface area contributed by atoms with Crippen LogP contribution in [0.5, 0.6) is 0 Å². The van der Waals surface area contributed by atoms with Crippen LogP contribution < -0.4 is 0 Å². The van der Waals surface area contributed by atoms with Gasteiger partial charge >= 0.3 is 6.18 Å². The largest absolute Gasteiger partial charge is 0.416 e. The molecule has 2 nitrogen and oxygen atoms in total. The van der Waals surface area contributed by atoms with Crippen molar-refractivity contribution in [1.29, 1.82) is 0 Å². The number of nitrogens with one attached hydrogen (secondary N) is 1. The Morgan fingerprint density at radius 2 is 1.81 bits per heavy atom. The van der Waals surface area contributed by atoms with Crippen molar-refractivity contribution in [2.24, 2.45) is 0 Å². The molecule has 3 rings (SSSR count). The third-order valence-electron chi connectivity index (χ3n) is 3.00. The summed E-state index contributed by atoms with van der Waals surface area (Å²) in [4.78, 5) is 6.95. The molecule has 0 fully saturated rings. The molecule has 0 amide bonds. The zero-order valence-corrected chi connectivity index (χ0v) is 11.1. The number of nitrogens with zero attached hydrogens (tertiary/aromatic N) is 1. The summed E-state index contributed by atoms with van der Waals surface area (Å²) >= 11 is 5.68. The zero-order valence-electron chi connectivity index (χ0n) is 10.3. The van der Waals surface area contributed by atoms with Gasteiger partial charge in [-0.05, 0) is 36.4 Å². The summed E-state index contributed by atoms with van der Waals surface area (Å²) in [5, 5.41) is -0.0797. The Bertz CT molecular complexity index is 823. The molecular formula is C14H7ClF4N2. The van der Waals surface area contributed by atoms with E-state index in [1.54, 1.807) is 0 Å². The third kappa shape index (κ3) is 2.58. The first-order valence-corrected chi connectivity index (χ1v) is 6.25. The lowest BCUT2D eigenvalue weighted by molar-refractivity contribution is -0.137. The van der Waals surface area contributed by atoms with Crippen LogP contribution in [0.15, 0.2) is 36.4 Å². The molecule has 0 saturated heterocycles. The summed E-state index contributed by atoms with van der Waals surface area (Å²) in [6, 6.07) is 7.21. The van der Waals surface area contributed by atoms with E-state index in [1.165, 1.54) is 24.3 Å². The topological polar surface area (TPSA) is 28.7 Å². The molecule has 0 aliphatic heterocycles. The molecule has 108 valence electrons. The van der Waals surface area contributed by atoms with E-state index in [2.05, 4.69) is 9.97 Å². The van der Waals surface area contributed by atoms with Gasteiger partial charge in [0.15, 0.2) is 0 Å². The van der Waals surface area contributed by atoms with Crippen LogP contribution >= 0.6 is 11.6 Å². The van der Waals surface area contributed by atoms with Gasteiger partial charge in [-0.2, -0.15) is 13.2 Å². The molecule has 1 N–H and O–H groups in total. The molecule has 0 aliphatic carbocycles. The van der Waals surface area contributed by atoms with Gasteiger partial charge in [0, 0.05) is 5.56 Å². The number of alkyl halides is 3. The number of benzene rings is 2. The van der Waals surface area contributed by atoms with E-state index in [1.807, 2.05) is 0 Å². The summed E-state index contributed by atoms with van der Waals surface area (Å²) in [7, 11) is 0. The first-order valence-electron chi connectivity index (χ1n) is 5.87. The van der Waals surface area contributed by atoms with E-state index in [-0.39, 0.29) is 10.5 Å². The van der Waals surface area contributed by atoms with Crippen LogP contribution in [0.2, 0.25) is 5.02 Å². The molecule has 7 heteroatoms. The lowest BCUT2D eigenvalue weighted by Crippen LogP contribution is -2.04. The summed E-state index contributed by atoms with van der Waals surface area (Å²) in [6.07, 6.45) is -4.42. The Morgan fingerprint density at radius 1 is 1.05 bits per heavy atom. The second kappa shape index (κ2) is 4.73. The maximum Gasteiger partial charge on any atom is 0.416 e. The van der Waals surface area contributed by atoms with Crippen LogP contribution in [0.25, 0.3) is 22.4 Å². The summed E-state index contributed by atoms with van der Waals surface area (Å²) < 4.78 is 51.1. The lowest BCUT2D eigenvalue weighted by atomic mass is 10.2. The van der Waals surface area contributed by atoms with Gasteiger partial charge in [-0.25, -0.2) is 9.37 Å². The third-order valence-corrected chi connectivity index (χ3v) is 3.29. The van der Waals surface area contributed by atoms with E-state index < -0.39 is 17.6 Å². The van der Waals surface area contributed by atoms with Gasteiger partial charge in [-0.15, -0.1) is 0 Å². The number of fused-ring (bicyclic) bond motifs is 1. The maximum absolute atomic E-state index is 13.1. The minimum Gasteiger partial charge on any atom is -0.338 e. The normalized spacial score (nSPS) is 12.0. The maximum atomic E-state index is 13.1. The minimum absolute atomic E-state index is 0.0797. The number of hydrogen-bond donors (Lipinski definition) is 1. The van der Waals surface area contributed by atoms with Crippen molar-refractivity contribution in [3.63, 3.8) is 0 Å². The van der Waals surface area contributed by atoms with E-state index in [9.17, 15) is 17.6 Å². The highest BCUT2D eigenvalue weighted by Crippen LogP contribution is 2.32. The summed E-state index contributed by atoms with van der Waals surface area (Å²) in [5.74, 6) is -0.248. The van der Waals surface area contributed by atoms with Gasteiger partial charge in [-0.3, -0.25) is 0 Å². The standard InChI is InChI=1S/C14H7ClF4N2/c15-9-5-7(1-3-10(9)16)13-20-11-4-2-8(14(17,18)19)6-12(11)21-13/h1-6H,(H,20,21). The van der Waals surface area contributed by atoms with Gasteiger partial charge in [-0.1, -0.05) is 11.6 Å². The highest BCUT2D eigenvalue weighted by atomic mass is 35.5. The molecule has 3 aromatic rings. The fourth-order valence-electron chi connectivity index (χ4n) is 1.97. The second-order valence-electron chi connectivity index (χ2n) is 4.44. The molecule has 2 aromatic carbocycles. The number of aromatic nitrogens is 2. The van der Waals surface area contributed by atoms with Crippen molar-refractivity contribution in [3.8, 4) is 11.4 Å². The van der Waals surface area contributed by atoms with Crippen molar-refractivity contribution in [1.82, 2.24) is 9.97 Å². The molecule has 1 aromatic heterocycles. The Morgan fingerprint density at radius 3 is 2.48 bits per heavy atom. The molecular weight excluding hydrogens is 308 g/mol. The summed E-state index contributed by atoms with van der Waals surface area (Å²) in [6.45, 7) is 0. The van der Waals surface area contributed by atoms with Gasteiger partial charge in [0.05, 0.1) is 21.6 Å². The van der Waals surface area contributed by atoms with Crippen molar-refractivity contribution < 1.29 is 17.6 Å².